The minimum absolute atomic E-state index is 0.457. The number of anilines is 1. The molecule has 3 heteroatoms. The minimum atomic E-state index is 0.457. The summed E-state index contributed by atoms with van der Waals surface area (Å²) in [6.07, 6.45) is 0. The van der Waals surface area contributed by atoms with Crippen molar-refractivity contribution in [1.82, 2.24) is 0 Å². The van der Waals surface area contributed by atoms with E-state index in [1.165, 1.54) is 16.8 Å². The maximum absolute atomic E-state index is 5.75. The van der Waals surface area contributed by atoms with Gasteiger partial charge in [-0.15, -0.1) is 0 Å². The van der Waals surface area contributed by atoms with E-state index in [1.807, 2.05) is 6.92 Å². The van der Waals surface area contributed by atoms with Gasteiger partial charge in [-0.25, -0.2) is 0 Å². The summed E-state index contributed by atoms with van der Waals surface area (Å²) < 4.78 is 5.75. The summed E-state index contributed by atoms with van der Waals surface area (Å²) >= 11 is 0. The van der Waals surface area contributed by atoms with Crippen molar-refractivity contribution in [2.75, 3.05) is 11.9 Å². The third-order valence-electron chi connectivity index (χ3n) is 3.30. The number of rotatable bonds is 4. The summed E-state index contributed by atoms with van der Waals surface area (Å²) in [4.78, 5) is 2.19. The van der Waals surface area contributed by atoms with E-state index >= 15 is 0 Å². The normalized spacial score (nSPS) is 10.8. The molecule has 0 atom stereocenters. The summed E-state index contributed by atoms with van der Waals surface area (Å²) in [6, 6.07) is 8.63. The molecule has 3 nitrogen and oxygen atoms in total. The smallest absolute Gasteiger partial charge is 0.123 e. The lowest BCUT2D eigenvalue weighted by Gasteiger charge is -2.19. The van der Waals surface area contributed by atoms with E-state index in [2.05, 4.69) is 50.1 Å². The Labute approximate surface area is 115 Å². The van der Waals surface area contributed by atoms with Gasteiger partial charge in [0.25, 0.3) is 0 Å². The zero-order valence-electron chi connectivity index (χ0n) is 12.2. The summed E-state index contributed by atoms with van der Waals surface area (Å²) in [5.74, 6) is 1.84. The summed E-state index contributed by atoms with van der Waals surface area (Å²) in [7, 11) is 2.08. The Morgan fingerprint density at radius 1 is 1.05 bits per heavy atom. The molecule has 0 aliphatic carbocycles. The molecule has 0 spiro atoms. The maximum Gasteiger partial charge on any atom is 0.123 e. The lowest BCUT2D eigenvalue weighted by Crippen LogP contribution is -2.16. The number of hydrogen-bond donors (Lipinski definition) is 1. The van der Waals surface area contributed by atoms with Gasteiger partial charge < -0.3 is 15.1 Å². The van der Waals surface area contributed by atoms with Crippen molar-refractivity contribution in [2.45, 2.75) is 33.9 Å². The number of nitrogens with two attached hydrogens (primary N) is 1. The molecule has 0 unspecified atom stereocenters. The molecule has 0 radical (unpaired) electrons. The fourth-order valence-electron chi connectivity index (χ4n) is 2.37. The standard InChI is InChI=1S/C16H22N2O/c1-11-5-12(2)7-14(6-11)18(4)10-15-8-13(3)16(9-17)19-15/h5-8H,9-10,17H2,1-4H3. The van der Waals surface area contributed by atoms with Crippen LogP contribution in [-0.2, 0) is 13.1 Å². The fraction of sp³-hybridized carbons (Fsp3) is 0.375. The summed E-state index contributed by atoms with van der Waals surface area (Å²) in [6.45, 7) is 7.48. The number of aryl methyl sites for hydroxylation is 3. The third kappa shape index (κ3) is 3.18. The Morgan fingerprint density at radius 2 is 1.68 bits per heavy atom. The first kappa shape index (κ1) is 13.7. The van der Waals surface area contributed by atoms with Crippen LogP contribution in [0.15, 0.2) is 28.7 Å². The Hall–Kier alpha value is -1.74. The largest absolute Gasteiger partial charge is 0.463 e. The van der Waals surface area contributed by atoms with Crippen LogP contribution in [0.2, 0.25) is 0 Å². The first-order valence-electron chi connectivity index (χ1n) is 6.57. The SMILES string of the molecule is Cc1cc(C)cc(N(C)Cc2cc(C)c(CN)o2)c1. The van der Waals surface area contributed by atoms with E-state index in [0.29, 0.717) is 6.54 Å². The van der Waals surface area contributed by atoms with Gasteiger partial charge in [-0.2, -0.15) is 0 Å². The lowest BCUT2D eigenvalue weighted by molar-refractivity contribution is 0.463. The second kappa shape index (κ2) is 5.49. The van der Waals surface area contributed by atoms with Gasteiger partial charge in [-0.3, -0.25) is 0 Å². The van der Waals surface area contributed by atoms with Gasteiger partial charge in [0, 0.05) is 12.7 Å². The van der Waals surface area contributed by atoms with Crippen molar-refractivity contribution in [1.29, 1.82) is 0 Å². The van der Waals surface area contributed by atoms with Gasteiger partial charge in [0.05, 0.1) is 13.1 Å². The quantitative estimate of drug-likeness (QED) is 0.915. The van der Waals surface area contributed by atoms with Crippen molar-refractivity contribution in [2.24, 2.45) is 5.73 Å². The fourth-order valence-corrected chi connectivity index (χ4v) is 2.37. The Kier molecular flexibility index (Phi) is 3.96. The molecule has 2 aromatic rings. The van der Waals surface area contributed by atoms with Crippen molar-refractivity contribution < 1.29 is 4.42 Å². The molecule has 2 N–H and O–H groups in total. The Morgan fingerprint density at radius 3 is 2.21 bits per heavy atom. The molecule has 1 aromatic heterocycles. The van der Waals surface area contributed by atoms with Crippen LogP contribution in [0.5, 0.6) is 0 Å². The average molecular weight is 258 g/mol. The molecule has 2 rings (SSSR count). The Bertz CT molecular complexity index is 552. The van der Waals surface area contributed by atoms with E-state index in [4.69, 9.17) is 10.2 Å². The predicted molar refractivity (Wildman–Crippen MR) is 79.4 cm³/mol. The maximum atomic E-state index is 5.75. The van der Waals surface area contributed by atoms with Crippen LogP contribution >= 0.6 is 0 Å². The number of nitrogens with zero attached hydrogens (tertiary/aromatic N) is 1. The average Bonchev–Trinajstić information content (AvgIpc) is 2.68. The zero-order chi connectivity index (χ0) is 14.0. The zero-order valence-corrected chi connectivity index (χ0v) is 12.2. The van der Waals surface area contributed by atoms with Gasteiger partial charge in [0.15, 0.2) is 0 Å². The molecule has 1 heterocycles. The summed E-state index contributed by atoms with van der Waals surface area (Å²) in [5, 5.41) is 0. The molecule has 0 bridgehead atoms. The van der Waals surface area contributed by atoms with E-state index in [1.54, 1.807) is 0 Å². The Balaban J connectivity index is 2.17. The van der Waals surface area contributed by atoms with Gasteiger partial charge in [0.1, 0.15) is 11.5 Å². The highest BCUT2D eigenvalue weighted by molar-refractivity contribution is 5.50. The highest BCUT2D eigenvalue weighted by atomic mass is 16.3. The van der Waals surface area contributed by atoms with Crippen LogP contribution in [0, 0.1) is 20.8 Å². The molecule has 0 aliphatic heterocycles. The highest BCUT2D eigenvalue weighted by Crippen LogP contribution is 2.21. The molecular formula is C16H22N2O. The topological polar surface area (TPSA) is 42.4 Å². The van der Waals surface area contributed by atoms with Crippen molar-refractivity contribution in [3.63, 3.8) is 0 Å². The molecule has 1 aromatic carbocycles. The van der Waals surface area contributed by atoms with Crippen LogP contribution in [0.4, 0.5) is 5.69 Å². The number of benzene rings is 1. The lowest BCUT2D eigenvalue weighted by atomic mass is 10.1. The molecule has 102 valence electrons. The second-order valence-electron chi connectivity index (χ2n) is 5.23. The van der Waals surface area contributed by atoms with Gasteiger partial charge >= 0.3 is 0 Å². The molecule has 0 fully saturated rings. The van der Waals surface area contributed by atoms with E-state index in [0.717, 1.165) is 23.6 Å². The van der Waals surface area contributed by atoms with E-state index in [-0.39, 0.29) is 0 Å². The molecule has 19 heavy (non-hydrogen) atoms. The highest BCUT2D eigenvalue weighted by Gasteiger charge is 2.09. The van der Waals surface area contributed by atoms with E-state index < -0.39 is 0 Å². The molecular weight excluding hydrogens is 236 g/mol. The van der Waals surface area contributed by atoms with Crippen LogP contribution in [0.3, 0.4) is 0 Å². The second-order valence-corrected chi connectivity index (χ2v) is 5.23. The van der Waals surface area contributed by atoms with E-state index in [9.17, 15) is 0 Å². The predicted octanol–water partition coefficient (Wildman–Crippen LogP) is 3.30. The molecule has 0 saturated carbocycles. The van der Waals surface area contributed by atoms with Crippen LogP contribution in [-0.4, -0.2) is 7.05 Å². The minimum Gasteiger partial charge on any atom is -0.463 e. The van der Waals surface area contributed by atoms with Crippen LogP contribution in [0.1, 0.15) is 28.2 Å². The van der Waals surface area contributed by atoms with Crippen molar-refractivity contribution >= 4 is 5.69 Å². The van der Waals surface area contributed by atoms with Crippen molar-refractivity contribution in [3.8, 4) is 0 Å². The van der Waals surface area contributed by atoms with Gasteiger partial charge in [-0.05, 0) is 55.7 Å². The monoisotopic (exact) mass is 258 g/mol. The summed E-state index contributed by atoms with van der Waals surface area (Å²) in [5.41, 5.74) is 10.5. The van der Waals surface area contributed by atoms with Crippen molar-refractivity contribution in [3.05, 3.63) is 52.5 Å². The number of hydrogen-bond acceptors (Lipinski definition) is 3. The molecule has 0 amide bonds. The molecule has 0 aliphatic rings. The first-order chi connectivity index (χ1) is 8.99. The molecule has 0 saturated heterocycles. The van der Waals surface area contributed by atoms with Gasteiger partial charge in [-0.1, -0.05) is 6.07 Å². The van der Waals surface area contributed by atoms with Gasteiger partial charge in [0.2, 0.25) is 0 Å². The van der Waals surface area contributed by atoms with Crippen LogP contribution < -0.4 is 10.6 Å². The number of furan rings is 1. The third-order valence-corrected chi connectivity index (χ3v) is 3.30. The first-order valence-corrected chi connectivity index (χ1v) is 6.57. The van der Waals surface area contributed by atoms with Crippen LogP contribution in [0.25, 0.3) is 0 Å².